The predicted octanol–water partition coefficient (Wildman–Crippen LogP) is 1.76. The third-order valence-corrected chi connectivity index (χ3v) is 4.24. The highest BCUT2D eigenvalue weighted by Gasteiger charge is 2.11. The Labute approximate surface area is 153 Å². The number of amidine groups is 1. The standard InChI is InChI=1S/C16H17N7O2S/c1-10(24)11-3-2-4-12(7-11)13-5-6-14(25-13)16(19-17)18-9-26-8-15-20-22-23-21-15/h2-7H,8-9,17H2,1H3,(H,18,19)(H,20,21,22,23). The minimum absolute atomic E-state index is 0.00290. The first-order valence-electron chi connectivity index (χ1n) is 7.70. The Bertz CT molecular complexity index is 905. The van der Waals surface area contributed by atoms with Crippen LogP contribution in [0.1, 0.15) is 28.9 Å². The van der Waals surface area contributed by atoms with Gasteiger partial charge in [-0.05, 0) is 25.1 Å². The number of hydrogen-bond donors (Lipinski definition) is 3. The van der Waals surface area contributed by atoms with Crippen molar-refractivity contribution in [1.82, 2.24) is 26.0 Å². The lowest BCUT2D eigenvalue weighted by molar-refractivity contribution is 0.101. The molecular formula is C16H17N7O2S. The maximum absolute atomic E-state index is 11.5. The number of nitrogens with one attached hydrogen (secondary N) is 2. The van der Waals surface area contributed by atoms with Crippen molar-refractivity contribution in [2.45, 2.75) is 12.7 Å². The van der Waals surface area contributed by atoms with Crippen molar-refractivity contribution in [3.8, 4) is 11.3 Å². The second-order valence-electron chi connectivity index (χ2n) is 5.26. The van der Waals surface area contributed by atoms with Crippen molar-refractivity contribution in [2.24, 2.45) is 10.8 Å². The van der Waals surface area contributed by atoms with E-state index in [1.54, 1.807) is 18.2 Å². The van der Waals surface area contributed by atoms with Crippen LogP contribution in [0.5, 0.6) is 0 Å². The second-order valence-corrected chi connectivity index (χ2v) is 6.21. The smallest absolute Gasteiger partial charge is 0.184 e. The highest BCUT2D eigenvalue weighted by Crippen LogP contribution is 2.23. The molecule has 3 rings (SSSR count). The summed E-state index contributed by atoms with van der Waals surface area (Å²) in [6.45, 7) is 1.53. The zero-order valence-corrected chi connectivity index (χ0v) is 14.8. The van der Waals surface area contributed by atoms with Crippen molar-refractivity contribution in [3.05, 3.63) is 53.5 Å². The van der Waals surface area contributed by atoms with Gasteiger partial charge in [0.05, 0.1) is 11.6 Å². The number of benzene rings is 1. The van der Waals surface area contributed by atoms with Crippen LogP contribution in [0.25, 0.3) is 11.3 Å². The average molecular weight is 371 g/mol. The molecule has 0 unspecified atom stereocenters. The summed E-state index contributed by atoms with van der Waals surface area (Å²) >= 11 is 1.51. The molecule has 1 aromatic carbocycles. The number of aromatic amines is 1. The topological polar surface area (TPSA) is 135 Å². The van der Waals surface area contributed by atoms with Crippen LogP contribution in [0, 0.1) is 0 Å². The maximum atomic E-state index is 11.5. The Morgan fingerprint density at radius 2 is 2.27 bits per heavy atom. The molecule has 2 heterocycles. The number of aromatic nitrogens is 4. The Kier molecular flexibility index (Phi) is 5.77. The molecule has 0 aliphatic heterocycles. The van der Waals surface area contributed by atoms with Crippen molar-refractivity contribution in [3.63, 3.8) is 0 Å². The minimum atomic E-state index is 0.00290. The van der Waals surface area contributed by atoms with Crippen LogP contribution in [0.4, 0.5) is 0 Å². The monoisotopic (exact) mass is 371 g/mol. The Hall–Kier alpha value is -2.98. The quantitative estimate of drug-likeness (QED) is 0.143. The van der Waals surface area contributed by atoms with Crippen LogP contribution in [-0.4, -0.2) is 38.1 Å². The number of Topliss-reactive ketones (excluding diaryl/α,β-unsaturated/α-hetero) is 1. The number of rotatable bonds is 7. The summed E-state index contributed by atoms with van der Waals surface area (Å²) in [6, 6.07) is 10.8. The van der Waals surface area contributed by atoms with Gasteiger partial charge in [-0.3, -0.25) is 9.79 Å². The van der Waals surface area contributed by atoms with Crippen molar-refractivity contribution < 1.29 is 9.21 Å². The van der Waals surface area contributed by atoms with E-state index < -0.39 is 0 Å². The fourth-order valence-corrected chi connectivity index (χ4v) is 2.81. The van der Waals surface area contributed by atoms with Crippen LogP contribution in [0.2, 0.25) is 0 Å². The molecule has 2 aromatic heterocycles. The summed E-state index contributed by atoms with van der Waals surface area (Å²) < 4.78 is 5.83. The third kappa shape index (κ3) is 4.35. The zero-order chi connectivity index (χ0) is 18.4. The molecule has 0 bridgehead atoms. The van der Waals surface area contributed by atoms with E-state index in [0.29, 0.717) is 40.4 Å². The van der Waals surface area contributed by atoms with Gasteiger partial charge in [0.25, 0.3) is 0 Å². The number of carbonyl (C=O) groups is 1. The lowest BCUT2D eigenvalue weighted by Crippen LogP contribution is -2.30. The van der Waals surface area contributed by atoms with Gasteiger partial charge in [0.15, 0.2) is 23.2 Å². The van der Waals surface area contributed by atoms with Gasteiger partial charge in [-0.1, -0.05) is 23.4 Å². The van der Waals surface area contributed by atoms with E-state index >= 15 is 0 Å². The van der Waals surface area contributed by atoms with Gasteiger partial charge < -0.3 is 9.84 Å². The molecule has 0 amide bonds. The van der Waals surface area contributed by atoms with Crippen molar-refractivity contribution >= 4 is 23.4 Å². The highest BCUT2D eigenvalue weighted by atomic mass is 32.2. The van der Waals surface area contributed by atoms with Gasteiger partial charge in [0.1, 0.15) is 5.76 Å². The van der Waals surface area contributed by atoms with Gasteiger partial charge >= 0.3 is 0 Å². The molecule has 10 heteroatoms. The van der Waals surface area contributed by atoms with E-state index in [1.807, 2.05) is 18.2 Å². The fourth-order valence-electron chi connectivity index (χ4n) is 2.20. The Morgan fingerprint density at radius 3 is 3.00 bits per heavy atom. The van der Waals surface area contributed by atoms with E-state index in [1.165, 1.54) is 18.7 Å². The lowest BCUT2D eigenvalue weighted by Gasteiger charge is -2.03. The Morgan fingerprint density at radius 1 is 1.38 bits per heavy atom. The molecule has 4 N–H and O–H groups in total. The van der Waals surface area contributed by atoms with Gasteiger partial charge in [-0.2, -0.15) is 5.21 Å². The number of nitrogens with zero attached hydrogens (tertiary/aromatic N) is 4. The van der Waals surface area contributed by atoms with Gasteiger partial charge in [0, 0.05) is 11.1 Å². The van der Waals surface area contributed by atoms with Gasteiger partial charge in [-0.15, -0.1) is 22.0 Å². The first-order chi connectivity index (χ1) is 12.7. The normalized spacial score (nSPS) is 11.5. The molecule has 0 fully saturated rings. The lowest BCUT2D eigenvalue weighted by atomic mass is 10.1. The number of aliphatic imine (C=N–C) groups is 1. The van der Waals surface area contributed by atoms with Crippen LogP contribution in [0.15, 0.2) is 45.8 Å². The first kappa shape index (κ1) is 17.8. The molecule has 0 saturated carbocycles. The number of hydrogen-bond acceptors (Lipinski definition) is 8. The summed E-state index contributed by atoms with van der Waals surface area (Å²) in [5, 5.41) is 13.6. The number of tetrazole rings is 1. The minimum Gasteiger partial charge on any atom is -0.453 e. The summed E-state index contributed by atoms with van der Waals surface area (Å²) in [5.74, 6) is 8.77. The summed E-state index contributed by atoms with van der Waals surface area (Å²) in [4.78, 5) is 15.9. The van der Waals surface area contributed by atoms with Gasteiger partial charge in [-0.25, -0.2) is 5.84 Å². The number of carbonyl (C=O) groups excluding carboxylic acids is 1. The predicted molar refractivity (Wildman–Crippen MR) is 98.3 cm³/mol. The van der Waals surface area contributed by atoms with Crippen LogP contribution in [-0.2, 0) is 5.75 Å². The number of nitrogens with two attached hydrogens (primary N) is 1. The third-order valence-electron chi connectivity index (χ3n) is 3.46. The van der Waals surface area contributed by atoms with E-state index in [4.69, 9.17) is 10.3 Å². The summed E-state index contributed by atoms with van der Waals surface area (Å²) in [5.41, 5.74) is 3.99. The fraction of sp³-hybridized carbons (Fsp3) is 0.188. The van der Waals surface area contributed by atoms with Crippen LogP contribution < -0.4 is 11.3 Å². The summed E-state index contributed by atoms with van der Waals surface area (Å²) in [6.07, 6.45) is 0. The molecule has 9 nitrogen and oxygen atoms in total. The molecule has 0 radical (unpaired) electrons. The number of H-pyrrole nitrogens is 1. The molecular weight excluding hydrogens is 354 g/mol. The first-order valence-corrected chi connectivity index (χ1v) is 8.85. The van der Waals surface area contributed by atoms with Crippen LogP contribution >= 0.6 is 11.8 Å². The molecule has 26 heavy (non-hydrogen) atoms. The number of furan rings is 1. The van der Waals surface area contributed by atoms with Crippen molar-refractivity contribution in [2.75, 3.05) is 5.88 Å². The van der Waals surface area contributed by atoms with E-state index in [9.17, 15) is 4.79 Å². The zero-order valence-electron chi connectivity index (χ0n) is 14.0. The van der Waals surface area contributed by atoms with Crippen LogP contribution in [0.3, 0.4) is 0 Å². The number of thioether (sulfide) groups is 1. The SMILES string of the molecule is CC(=O)c1cccc(-c2ccc(C(=NCSCc3nn[nH]n3)NN)o2)c1. The highest BCUT2D eigenvalue weighted by molar-refractivity contribution is 7.98. The maximum Gasteiger partial charge on any atom is 0.184 e. The molecule has 0 spiro atoms. The number of ketones is 1. The molecule has 0 aliphatic carbocycles. The molecule has 0 atom stereocenters. The number of hydrazine groups is 1. The van der Waals surface area contributed by atoms with E-state index in [0.717, 1.165) is 5.56 Å². The largest absolute Gasteiger partial charge is 0.453 e. The van der Waals surface area contributed by atoms with Gasteiger partial charge in [0.2, 0.25) is 0 Å². The molecule has 0 saturated heterocycles. The molecule has 134 valence electrons. The van der Waals surface area contributed by atoms with E-state index in [2.05, 4.69) is 31.0 Å². The second kappa shape index (κ2) is 8.41. The van der Waals surface area contributed by atoms with E-state index in [-0.39, 0.29) is 5.78 Å². The Balaban J connectivity index is 1.69. The summed E-state index contributed by atoms with van der Waals surface area (Å²) in [7, 11) is 0. The van der Waals surface area contributed by atoms with Crippen molar-refractivity contribution in [1.29, 1.82) is 0 Å². The average Bonchev–Trinajstić information content (AvgIpc) is 3.34. The molecule has 3 aromatic rings. The molecule has 0 aliphatic rings.